The molecule has 1 aromatic carbocycles. The highest BCUT2D eigenvalue weighted by Crippen LogP contribution is 2.19. The molecule has 1 aliphatic heterocycles. The minimum Gasteiger partial charge on any atom is -0.399 e. The summed E-state index contributed by atoms with van der Waals surface area (Å²) >= 11 is 1.53. The quantitative estimate of drug-likeness (QED) is 0.584. The summed E-state index contributed by atoms with van der Waals surface area (Å²) < 4.78 is 26.7. The van der Waals surface area contributed by atoms with Crippen LogP contribution in [0.1, 0.15) is 12.8 Å². The van der Waals surface area contributed by atoms with Crippen LogP contribution in [0.4, 0.5) is 5.69 Å². The number of nitrogens with zero attached hydrogens (tertiary/aromatic N) is 1. The molecule has 1 aliphatic rings. The normalized spacial score (nSPS) is 20.0. The average Bonchev–Trinajstić information content (AvgIpc) is 2.84. The Kier molecular flexibility index (Phi) is 5.92. The molecule has 0 bridgehead atoms. The van der Waals surface area contributed by atoms with Gasteiger partial charge in [0.05, 0.1) is 5.75 Å². The molecule has 118 valence electrons. The Hall–Kier alpha value is -0.760. The van der Waals surface area contributed by atoms with E-state index >= 15 is 0 Å². The van der Waals surface area contributed by atoms with E-state index < -0.39 is 10.0 Å². The summed E-state index contributed by atoms with van der Waals surface area (Å²) in [7, 11) is -1.15. The Morgan fingerprint density at radius 3 is 2.71 bits per heavy atom. The van der Waals surface area contributed by atoms with E-state index in [1.165, 1.54) is 11.8 Å². The number of thioether (sulfide) groups is 1. The summed E-state index contributed by atoms with van der Waals surface area (Å²) in [5, 5.41) is 0. The molecule has 1 aromatic rings. The van der Waals surface area contributed by atoms with Crippen LogP contribution < -0.4 is 10.5 Å². The van der Waals surface area contributed by atoms with Gasteiger partial charge >= 0.3 is 0 Å². The number of nitrogens with one attached hydrogen (secondary N) is 1. The van der Waals surface area contributed by atoms with Crippen LogP contribution in [0.2, 0.25) is 0 Å². The molecule has 1 unspecified atom stereocenters. The number of nitrogens with two attached hydrogens (primary N) is 1. The van der Waals surface area contributed by atoms with E-state index in [9.17, 15) is 8.42 Å². The lowest BCUT2D eigenvalue weighted by Gasteiger charge is -2.19. The first-order chi connectivity index (χ1) is 9.96. The largest absolute Gasteiger partial charge is 0.399 e. The second-order valence-electron chi connectivity index (χ2n) is 5.36. The Balaban J connectivity index is 1.72. The number of likely N-dealkylation sites (tertiary alicyclic amines) is 1. The van der Waals surface area contributed by atoms with Gasteiger partial charge < -0.3 is 10.6 Å². The van der Waals surface area contributed by atoms with Gasteiger partial charge in [0, 0.05) is 28.9 Å². The molecule has 7 heteroatoms. The summed E-state index contributed by atoms with van der Waals surface area (Å²) in [5.74, 6) is 0.679. The number of sulfonamides is 1. The summed E-state index contributed by atoms with van der Waals surface area (Å²) in [6.07, 6.45) is 2.22. The predicted molar refractivity (Wildman–Crippen MR) is 89.0 cm³/mol. The topological polar surface area (TPSA) is 75.4 Å². The smallest absolute Gasteiger partial charge is 0.212 e. The second kappa shape index (κ2) is 7.49. The van der Waals surface area contributed by atoms with Crippen molar-refractivity contribution in [2.45, 2.75) is 23.8 Å². The van der Waals surface area contributed by atoms with Crippen molar-refractivity contribution in [3.05, 3.63) is 24.3 Å². The molecular weight excluding hydrogens is 306 g/mol. The highest BCUT2D eigenvalue weighted by atomic mass is 32.2. The first kappa shape index (κ1) is 16.6. The number of nitrogen functional groups attached to an aromatic ring is 1. The van der Waals surface area contributed by atoms with Gasteiger partial charge in [0.25, 0.3) is 0 Å². The van der Waals surface area contributed by atoms with Gasteiger partial charge in [-0.1, -0.05) is 0 Å². The highest BCUT2D eigenvalue weighted by molar-refractivity contribution is 8.00. The molecule has 3 N–H and O–H groups in total. The van der Waals surface area contributed by atoms with Crippen molar-refractivity contribution in [3.63, 3.8) is 0 Å². The second-order valence-corrected chi connectivity index (χ2v) is 8.46. The number of hydrogen-bond acceptors (Lipinski definition) is 5. The van der Waals surface area contributed by atoms with E-state index in [1.807, 2.05) is 31.3 Å². The zero-order valence-electron chi connectivity index (χ0n) is 12.3. The third-order valence-corrected chi connectivity index (χ3v) is 6.33. The summed E-state index contributed by atoms with van der Waals surface area (Å²) in [5.41, 5.74) is 6.33. The van der Waals surface area contributed by atoms with Crippen molar-refractivity contribution in [2.75, 3.05) is 37.4 Å². The van der Waals surface area contributed by atoms with E-state index in [4.69, 9.17) is 5.73 Å². The van der Waals surface area contributed by atoms with Crippen molar-refractivity contribution >= 4 is 27.5 Å². The fraction of sp³-hybridized carbons (Fsp3) is 0.571. The van der Waals surface area contributed by atoms with Crippen molar-refractivity contribution < 1.29 is 8.42 Å². The van der Waals surface area contributed by atoms with Crippen molar-refractivity contribution in [3.8, 4) is 0 Å². The molecule has 21 heavy (non-hydrogen) atoms. The Bertz CT molecular complexity index is 546. The van der Waals surface area contributed by atoms with E-state index in [0.717, 1.165) is 24.3 Å². The summed E-state index contributed by atoms with van der Waals surface area (Å²) in [6, 6.07) is 7.81. The monoisotopic (exact) mass is 329 g/mol. The number of rotatable bonds is 7. The van der Waals surface area contributed by atoms with Crippen LogP contribution in [0.3, 0.4) is 0 Å². The molecule has 0 saturated carbocycles. The minimum absolute atomic E-state index is 0.137. The maximum Gasteiger partial charge on any atom is 0.212 e. The molecule has 2 rings (SSSR count). The van der Waals surface area contributed by atoms with E-state index in [0.29, 0.717) is 24.0 Å². The standard InChI is InChI=1S/C14H23N3O2S2/c1-17-8-2-3-13(17)11-16-21(18,19)10-9-20-14-6-4-12(15)5-7-14/h4-7,13,16H,2-3,8-11,15H2,1H3. The van der Waals surface area contributed by atoms with Gasteiger partial charge in [0.1, 0.15) is 0 Å². The van der Waals surface area contributed by atoms with Gasteiger partial charge in [-0.15, -0.1) is 11.8 Å². The van der Waals surface area contributed by atoms with Crippen LogP contribution in [0.15, 0.2) is 29.2 Å². The van der Waals surface area contributed by atoms with Gasteiger partial charge in [-0.05, 0) is 50.7 Å². The van der Waals surface area contributed by atoms with E-state index in [1.54, 1.807) is 0 Å². The Morgan fingerprint density at radius 1 is 1.38 bits per heavy atom. The van der Waals surface area contributed by atoms with Gasteiger partial charge in [-0.3, -0.25) is 0 Å². The van der Waals surface area contributed by atoms with Crippen LogP contribution in [-0.4, -0.2) is 51.0 Å². The molecular formula is C14H23N3O2S2. The lowest BCUT2D eigenvalue weighted by molar-refractivity contribution is 0.311. The Labute approximate surface area is 131 Å². The van der Waals surface area contributed by atoms with Gasteiger partial charge in [-0.25, -0.2) is 13.1 Å². The molecule has 0 aliphatic carbocycles. The minimum atomic E-state index is -3.19. The zero-order valence-corrected chi connectivity index (χ0v) is 13.9. The average molecular weight is 329 g/mol. The molecule has 0 spiro atoms. The fourth-order valence-electron chi connectivity index (χ4n) is 2.37. The molecule has 1 fully saturated rings. The summed E-state index contributed by atoms with van der Waals surface area (Å²) in [6.45, 7) is 1.57. The number of hydrogen-bond donors (Lipinski definition) is 2. The maximum atomic E-state index is 12.0. The summed E-state index contributed by atoms with van der Waals surface area (Å²) in [4.78, 5) is 3.25. The van der Waals surface area contributed by atoms with Crippen LogP contribution in [0, 0.1) is 0 Å². The lowest BCUT2D eigenvalue weighted by Crippen LogP contribution is -2.39. The van der Waals surface area contributed by atoms with Gasteiger partial charge in [-0.2, -0.15) is 0 Å². The van der Waals surface area contributed by atoms with Crippen LogP contribution in [0.5, 0.6) is 0 Å². The third kappa shape index (κ3) is 5.50. The van der Waals surface area contributed by atoms with E-state index in [2.05, 4.69) is 9.62 Å². The van der Waals surface area contributed by atoms with Gasteiger partial charge in [0.15, 0.2) is 0 Å². The van der Waals surface area contributed by atoms with Crippen LogP contribution in [0.25, 0.3) is 0 Å². The molecule has 0 aromatic heterocycles. The zero-order chi connectivity index (χ0) is 15.3. The van der Waals surface area contributed by atoms with Gasteiger partial charge in [0.2, 0.25) is 10.0 Å². The fourth-order valence-corrected chi connectivity index (χ4v) is 4.73. The van der Waals surface area contributed by atoms with Crippen LogP contribution >= 0.6 is 11.8 Å². The predicted octanol–water partition coefficient (Wildman–Crippen LogP) is 1.37. The molecule has 1 heterocycles. The van der Waals surface area contributed by atoms with Crippen LogP contribution in [-0.2, 0) is 10.0 Å². The molecule has 0 amide bonds. The first-order valence-electron chi connectivity index (χ1n) is 7.12. The highest BCUT2D eigenvalue weighted by Gasteiger charge is 2.22. The maximum absolute atomic E-state index is 12.0. The van der Waals surface area contributed by atoms with E-state index in [-0.39, 0.29) is 5.75 Å². The number of likely N-dealkylation sites (N-methyl/N-ethyl adjacent to an activating group) is 1. The first-order valence-corrected chi connectivity index (χ1v) is 9.76. The molecule has 1 saturated heterocycles. The molecule has 1 atom stereocenters. The molecule has 0 radical (unpaired) electrons. The third-order valence-electron chi connectivity index (χ3n) is 3.71. The SMILES string of the molecule is CN1CCCC1CNS(=O)(=O)CCSc1ccc(N)cc1. The van der Waals surface area contributed by atoms with Crippen molar-refractivity contribution in [2.24, 2.45) is 0 Å². The number of anilines is 1. The van der Waals surface area contributed by atoms with Crippen molar-refractivity contribution in [1.82, 2.24) is 9.62 Å². The van der Waals surface area contributed by atoms with Crippen molar-refractivity contribution in [1.29, 1.82) is 0 Å². The lowest BCUT2D eigenvalue weighted by atomic mass is 10.2. The number of benzene rings is 1. The molecule has 5 nitrogen and oxygen atoms in total. The Morgan fingerprint density at radius 2 is 2.10 bits per heavy atom.